The monoisotopic (exact) mass is 160 g/mol. The number of alkyl halides is 1. The summed E-state index contributed by atoms with van der Waals surface area (Å²) in [5.41, 5.74) is 4.97. The molecular weight excluding hydrogens is 147 g/mol. The van der Waals surface area contributed by atoms with E-state index in [4.69, 9.17) is 5.73 Å². The lowest BCUT2D eigenvalue weighted by Crippen LogP contribution is -2.41. The third kappa shape index (κ3) is 2.84. The number of halogens is 1. The van der Waals surface area contributed by atoms with Gasteiger partial charge in [-0.1, -0.05) is 0 Å². The highest BCUT2D eigenvalue weighted by molar-refractivity contribution is 5.75. The van der Waals surface area contributed by atoms with Crippen molar-refractivity contribution in [3.63, 3.8) is 0 Å². The fraction of sp³-hybridized carbons (Fsp3) is 0.857. The van der Waals surface area contributed by atoms with Crippen molar-refractivity contribution < 1.29 is 9.18 Å². The summed E-state index contributed by atoms with van der Waals surface area (Å²) in [6.07, 6.45) is 0.673. The first kappa shape index (κ1) is 8.46. The number of amides is 1. The molecule has 0 radical (unpaired) electrons. The molecule has 2 N–H and O–H groups in total. The van der Waals surface area contributed by atoms with Crippen LogP contribution in [0.4, 0.5) is 4.39 Å². The third-order valence-electron chi connectivity index (χ3n) is 1.83. The van der Waals surface area contributed by atoms with Crippen LogP contribution in [-0.2, 0) is 4.79 Å². The van der Waals surface area contributed by atoms with Crippen LogP contribution < -0.4 is 5.73 Å². The fourth-order valence-corrected chi connectivity index (χ4v) is 1.36. The molecule has 1 aliphatic rings. The predicted octanol–water partition coefficient (Wildman–Crippen LogP) is -0.0944. The van der Waals surface area contributed by atoms with Crippen LogP contribution >= 0.6 is 0 Å². The Balaban J connectivity index is 2.28. The van der Waals surface area contributed by atoms with Crippen molar-refractivity contribution in [2.24, 2.45) is 5.73 Å². The lowest BCUT2D eigenvalue weighted by molar-refractivity contribution is -0.119. The van der Waals surface area contributed by atoms with Gasteiger partial charge in [-0.15, -0.1) is 0 Å². The molecule has 4 heteroatoms. The maximum absolute atomic E-state index is 12.7. The smallest absolute Gasteiger partial charge is 0.231 e. The largest absolute Gasteiger partial charge is 0.369 e. The minimum absolute atomic E-state index is 0.195. The summed E-state index contributed by atoms with van der Waals surface area (Å²) in [5.74, 6) is -0.376. The standard InChI is InChI=1S/C7H13FN2O/c8-6-2-1-3-10(4-6)5-7(9)11/h6H,1-5H2,(H2,9,11)/t6-/m0/s1. The molecule has 1 aliphatic heterocycles. The van der Waals surface area contributed by atoms with Crippen LogP contribution in [0.1, 0.15) is 12.8 Å². The van der Waals surface area contributed by atoms with Crippen LogP contribution in [-0.4, -0.2) is 36.6 Å². The normalized spacial score (nSPS) is 26.8. The molecule has 1 heterocycles. The Morgan fingerprint density at radius 1 is 1.73 bits per heavy atom. The van der Waals surface area contributed by atoms with Gasteiger partial charge in [0.1, 0.15) is 6.17 Å². The van der Waals surface area contributed by atoms with Gasteiger partial charge >= 0.3 is 0 Å². The van der Waals surface area contributed by atoms with E-state index in [1.165, 1.54) is 0 Å². The van der Waals surface area contributed by atoms with Gasteiger partial charge in [0.25, 0.3) is 0 Å². The van der Waals surface area contributed by atoms with Gasteiger partial charge in [0.05, 0.1) is 6.54 Å². The minimum atomic E-state index is -0.775. The van der Waals surface area contributed by atoms with E-state index in [2.05, 4.69) is 0 Å². The Labute approximate surface area is 65.3 Å². The van der Waals surface area contributed by atoms with Crippen LogP contribution in [0.15, 0.2) is 0 Å². The van der Waals surface area contributed by atoms with Crippen molar-refractivity contribution >= 4 is 5.91 Å². The van der Waals surface area contributed by atoms with Gasteiger partial charge in [-0.25, -0.2) is 4.39 Å². The zero-order chi connectivity index (χ0) is 8.27. The Morgan fingerprint density at radius 3 is 3.00 bits per heavy atom. The number of piperidine rings is 1. The van der Waals surface area contributed by atoms with E-state index in [9.17, 15) is 9.18 Å². The second-order valence-corrected chi connectivity index (χ2v) is 2.94. The molecule has 0 aromatic rings. The summed E-state index contributed by atoms with van der Waals surface area (Å²) in [6, 6.07) is 0. The lowest BCUT2D eigenvalue weighted by Gasteiger charge is -2.27. The Kier molecular flexibility index (Phi) is 2.82. The molecule has 1 saturated heterocycles. The first-order chi connectivity index (χ1) is 5.18. The van der Waals surface area contributed by atoms with Gasteiger partial charge in [-0.05, 0) is 19.4 Å². The molecule has 1 fully saturated rings. The molecule has 0 aliphatic carbocycles. The van der Waals surface area contributed by atoms with Crippen molar-refractivity contribution in [2.75, 3.05) is 19.6 Å². The van der Waals surface area contributed by atoms with E-state index in [1.807, 2.05) is 0 Å². The van der Waals surface area contributed by atoms with E-state index < -0.39 is 6.17 Å². The summed E-state index contributed by atoms with van der Waals surface area (Å²) in [5, 5.41) is 0. The van der Waals surface area contributed by atoms with Crippen LogP contribution in [0.25, 0.3) is 0 Å². The minimum Gasteiger partial charge on any atom is -0.369 e. The van der Waals surface area contributed by atoms with Gasteiger partial charge in [-0.2, -0.15) is 0 Å². The summed E-state index contributed by atoms with van der Waals surface area (Å²) in [4.78, 5) is 12.2. The molecule has 64 valence electrons. The number of carbonyl (C=O) groups is 1. The SMILES string of the molecule is NC(=O)CN1CCC[C@H](F)C1. The summed E-state index contributed by atoms with van der Waals surface area (Å²) in [6.45, 7) is 1.35. The highest BCUT2D eigenvalue weighted by Gasteiger charge is 2.19. The molecule has 3 nitrogen and oxygen atoms in total. The number of primary amides is 1. The lowest BCUT2D eigenvalue weighted by atomic mass is 10.1. The second-order valence-electron chi connectivity index (χ2n) is 2.94. The number of hydrogen-bond donors (Lipinski definition) is 1. The number of rotatable bonds is 2. The number of nitrogens with zero attached hydrogens (tertiary/aromatic N) is 1. The highest BCUT2D eigenvalue weighted by atomic mass is 19.1. The van der Waals surface area contributed by atoms with Crippen molar-refractivity contribution in [1.29, 1.82) is 0 Å². The van der Waals surface area contributed by atoms with Crippen molar-refractivity contribution in [3.8, 4) is 0 Å². The molecule has 0 unspecified atom stereocenters. The molecule has 0 saturated carbocycles. The van der Waals surface area contributed by atoms with Crippen LogP contribution in [0, 0.1) is 0 Å². The maximum Gasteiger partial charge on any atom is 0.231 e. The summed E-state index contributed by atoms with van der Waals surface area (Å²) in [7, 11) is 0. The van der Waals surface area contributed by atoms with Crippen LogP contribution in [0.5, 0.6) is 0 Å². The van der Waals surface area contributed by atoms with Crippen molar-refractivity contribution in [2.45, 2.75) is 19.0 Å². The van der Waals surface area contributed by atoms with Crippen LogP contribution in [0.2, 0.25) is 0 Å². The molecule has 11 heavy (non-hydrogen) atoms. The van der Waals surface area contributed by atoms with Gasteiger partial charge in [0.15, 0.2) is 0 Å². The molecule has 1 amide bonds. The molecule has 0 bridgehead atoms. The topological polar surface area (TPSA) is 46.3 Å². The molecule has 1 atom stereocenters. The number of likely N-dealkylation sites (tertiary alicyclic amines) is 1. The third-order valence-corrected chi connectivity index (χ3v) is 1.83. The quantitative estimate of drug-likeness (QED) is 0.613. The molecule has 0 spiro atoms. The Hall–Kier alpha value is -0.640. The zero-order valence-electron chi connectivity index (χ0n) is 6.42. The second kappa shape index (κ2) is 3.67. The number of nitrogens with two attached hydrogens (primary N) is 1. The first-order valence-electron chi connectivity index (χ1n) is 3.83. The van der Waals surface area contributed by atoms with E-state index in [0.717, 1.165) is 13.0 Å². The number of hydrogen-bond acceptors (Lipinski definition) is 2. The van der Waals surface area contributed by atoms with E-state index in [1.54, 1.807) is 4.90 Å². The Bertz CT molecular complexity index is 151. The summed E-state index contributed by atoms with van der Waals surface area (Å²) >= 11 is 0. The molecular formula is C7H13FN2O. The van der Waals surface area contributed by atoms with Gasteiger partial charge < -0.3 is 5.73 Å². The van der Waals surface area contributed by atoms with Crippen molar-refractivity contribution in [3.05, 3.63) is 0 Å². The predicted molar refractivity (Wildman–Crippen MR) is 39.8 cm³/mol. The average molecular weight is 160 g/mol. The van der Waals surface area contributed by atoms with Gasteiger partial charge in [0.2, 0.25) is 5.91 Å². The first-order valence-corrected chi connectivity index (χ1v) is 3.83. The highest BCUT2D eigenvalue weighted by Crippen LogP contribution is 2.11. The molecule has 1 rings (SSSR count). The van der Waals surface area contributed by atoms with E-state index in [-0.39, 0.29) is 12.5 Å². The van der Waals surface area contributed by atoms with Gasteiger partial charge in [-0.3, -0.25) is 9.69 Å². The summed E-state index contributed by atoms with van der Waals surface area (Å²) < 4.78 is 12.7. The van der Waals surface area contributed by atoms with Crippen molar-refractivity contribution in [1.82, 2.24) is 4.90 Å². The van der Waals surface area contributed by atoms with Crippen LogP contribution in [0.3, 0.4) is 0 Å². The molecule has 0 aromatic heterocycles. The van der Waals surface area contributed by atoms with E-state index in [0.29, 0.717) is 13.0 Å². The average Bonchev–Trinajstić information content (AvgIpc) is 1.85. The Morgan fingerprint density at radius 2 is 2.45 bits per heavy atom. The van der Waals surface area contributed by atoms with E-state index >= 15 is 0 Å². The van der Waals surface area contributed by atoms with Gasteiger partial charge in [0, 0.05) is 6.54 Å². The fourth-order valence-electron chi connectivity index (χ4n) is 1.36. The number of carbonyl (C=O) groups excluding carboxylic acids is 1. The maximum atomic E-state index is 12.7. The molecule has 0 aromatic carbocycles. The zero-order valence-corrected chi connectivity index (χ0v) is 6.42.